The number of aryl methyl sites for hydroxylation is 1. The Morgan fingerprint density at radius 3 is 2.88 bits per heavy atom. The van der Waals surface area contributed by atoms with E-state index in [9.17, 15) is 9.18 Å². The van der Waals surface area contributed by atoms with Crippen molar-refractivity contribution in [3.05, 3.63) is 58.6 Å². The first-order chi connectivity index (χ1) is 12.0. The molecule has 8 heteroatoms. The largest absolute Gasteiger partial charge is 0.309 e. The highest BCUT2D eigenvalue weighted by Crippen LogP contribution is 2.25. The Bertz CT molecular complexity index is 897. The monoisotopic (exact) mass is 359 g/mol. The van der Waals surface area contributed by atoms with Crippen LogP contribution in [0.5, 0.6) is 0 Å². The molecule has 0 aliphatic rings. The van der Waals surface area contributed by atoms with Gasteiger partial charge in [0.15, 0.2) is 5.82 Å². The lowest BCUT2D eigenvalue weighted by molar-refractivity contribution is -0.116. The third-order valence-electron chi connectivity index (χ3n) is 3.77. The first kappa shape index (κ1) is 17.0. The first-order valence-corrected chi connectivity index (χ1v) is 7.98. The number of anilines is 1. The van der Waals surface area contributed by atoms with E-state index in [1.54, 1.807) is 24.5 Å². The van der Waals surface area contributed by atoms with Gasteiger partial charge in [0, 0.05) is 17.5 Å². The number of amides is 1. The molecule has 0 radical (unpaired) electrons. The van der Waals surface area contributed by atoms with Crippen molar-refractivity contribution in [2.75, 3.05) is 5.32 Å². The summed E-state index contributed by atoms with van der Waals surface area (Å²) in [5.41, 5.74) is 3.11. The maximum Gasteiger partial charge on any atom is 0.225 e. The van der Waals surface area contributed by atoms with E-state index in [2.05, 4.69) is 25.7 Å². The van der Waals surface area contributed by atoms with Crippen LogP contribution in [0.25, 0.3) is 11.3 Å². The van der Waals surface area contributed by atoms with E-state index in [0.717, 1.165) is 16.8 Å². The zero-order valence-corrected chi connectivity index (χ0v) is 14.1. The van der Waals surface area contributed by atoms with E-state index in [1.807, 2.05) is 6.92 Å². The summed E-state index contributed by atoms with van der Waals surface area (Å²) in [6.07, 6.45) is 3.81. The fourth-order valence-electron chi connectivity index (χ4n) is 2.39. The molecule has 0 bridgehead atoms. The van der Waals surface area contributed by atoms with Crippen LogP contribution in [0.4, 0.5) is 10.2 Å². The van der Waals surface area contributed by atoms with Crippen LogP contribution >= 0.6 is 11.6 Å². The number of aromatic amines is 1. The van der Waals surface area contributed by atoms with E-state index < -0.39 is 5.82 Å². The summed E-state index contributed by atoms with van der Waals surface area (Å²) >= 11 is 5.65. The van der Waals surface area contributed by atoms with Crippen LogP contribution in [0.3, 0.4) is 0 Å². The zero-order chi connectivity index (χ0) is 17.8. The van der Waals surface area contributed by atoms with Crippen molar-refractivity contribution in [1.29, 1.82) is 0 Å². The number of benzene rings is 1. The fraction of sp³-hybridized carbons (Fsp3) is 0.176. The van der Waals surface area contributed by atoms with Gasteiger partial charge in [-0.05, 0) is 37.1 Å². The highest BCUT2D eigenvalue weighted by Gasteiger charge is 2.13. The van der Waals surface area contributed by atoms with Crippen molar-refractivity contribution in [2.24, 2.45) is 0 Å². The van der Waals surface area contributed by atoms with Crippen LogP contribution in [0.1, 0.15) is 17.5 Å². The standard InChI is InChI=1S/C17H15ClFN5O/c1-10-16(12-6-7-20-21-9-12)23-24-17(10)22-15(25)5-3-11-2-4-13(18)14(19)8-11/h2,4,6-9H,3,5H2,1H3,(H2,22,23,24,25). The van der Waals surface area contributed by atoms with Crippen LogP contribution in [0.2, 0.25) is 5.02 Å². The number of nitrogens with zero attached hydrogens (tertiary/aromatic N) is 3. The van der Waals surface area contributed by atoms with E-state index >= 15 is 0 Å². The quantitative estimate of drug-likeness (QED) is 0.729. The van der Waals surface area contributed by atoms with E-state index in [0.29, 0.717) is 17.8 Å². The molecule has 2 N–H and O–H groups in total. The Kier molecular flexibility index (Phi) is 5.04. The highest BCUT2D eigenvalue weighted by atomic mass is 35.5. The SMILES string of the molecule is Cc1c(NC(=O)CCc2ccc(Cl)c(F)c2)n[nH]c1-c1ccnnc1. The molecule has 128 valence electrons. The van der Waals surface area contributed by atoms with Crippen molar-refractivity contribution >= 4 is 23.3 Å². The summed E-state index contributed by atoms with van der Waals surface area (Å²) in [5, 5.41) is 17.4. The molecular weight excluding hydrogens is 345 g/mol. The van der Waals surface area contributed by atoms with Crippen LogP contribution in [0.15, 0.2) is 36.7 Å². The van der Waals surface area contributed by atoms with Gasteiger partial charge in [0.05, 0.1) is 23.1 Å². The summed E-state index contributed by atoms with van der Waals surface area (Å²) < 4.78 is 13.4. The van der Waals surface area contributed by atoms with Crippen LogP contribution in [-0.2, 0) is 11.2 Å². The van der Waals surface area contributed by atoms with Crippen LogP contribution < -0.4 is 5.32 Å². The van der Waals surface area contributed by atoms with Crippen molar-refractivity contribution in [3.8, 4) is 11.3 Å². The molecular formula is C17H15ClFN5O. The fourth-order valence-corrected chi connectivity index (χ4v) is 2.50. The molecule has 0 atom stereocenters. The average Bonchev–Trinajstić information content (AvgIpc) is 2.97. The number of H-pyrrole nitrogens is 1. The van der Waals surface area contributed by atoms with Crippen molar-refractivity contribution in [2.45, 2.75) is 19.8 Å². The topological polar surface area (TPSA) is 83.6 Å². The second kappa shape index (κ2) is 7.40. The predicted molar refractivity (Wildman–Crippen MR) is 92.7 cm³/mol. The van der Waals surface area contributed by atoms with E-state index in [4.69, 9.17) is 11.6 Å². The van der Waals surface area contributed by atoms with Gasteiger partial charge in [0.2, 0.25) is 5.91 Å². The van der Waals surface area contributed by atoms with Crippen LogP contribution in [-0.4, -0.2) is 26.3 Å². The number of carbonyl (C=O) groups is 1. The van der Waals surface area contributed by atoms with Crippen molar-refractivity contribution in [1.82, 2.24) is 20.4 Å². The molecule has 25 heavy (non-hydrogen) atoms. The zero-order valence-electron chi connectivity index (χ0n) is 13.4. The number of rotatable bonds is 5. The Hall–Kier alpha value is -2.80. The maximum atomic E-state index is 13.4. The lowest BCUT2D eigenvalue weighted by atomic mass is 10.1. The minimum atomic E-state index is -0.488. The molecule has 0 aliphatic heterocycles. The lowest BCUT2D eigenvalue weighted by Crippen LogP contribution is -2.13. The molecule has 0 saturated heterocycles. The van der Waals surface area contributed by atoms with E-state index in [1.165, 1.54) is 12.1 Å². The Morgan fingerprint density at radius 2 is 2.16 bits per heavy atom. The average molecular weight is 360 g/mol. The molecule has 0 fully saturated rings. The van der Waals surface area contributed by atoms with Gasteiger partial charge in [0.25, 0.3) is 0 Å². The molecule has 1 amide bonds. The second-order valence-electron chi connectivity index (χ2n) is 5.50. The first-order valence-electron chi connectivity index (χ1n) is 7.60. The van der Waals surface area contributed by atoms with Crippen molar-refractivity contribution < 1.29 is 9.18 Å². The van der Waals surface area contributed by atoms with Gasteiger partial charge in [0.1, 0.15) is 5.82 Å². The van der Waals surface area contributed by atoms with Gasteiger partial charge in [-0.1, -0.05) is 17.7 Å². The highest BCUT2D eigenvalue weighted by molar-refractivity contribution is 6.30. The van der Waals surface area contributed by atoms with Gasteiger partial charge in [-0.25, -0.2) is 4.39 Å². The smallest absolute Gasteiger partial charge is 0.225 e. The third kappa shape index (κ3) is 4.00. The second-order valence-corrected chi connectivity index (χ2v) is 5.91. The van der Waals surface area contributed by atoms with Gasteiger partial charge in [-0.15, -0.1) is 0 Å². The third-order valence-corrected chi connectivity index (χ3v) is 4.07. The number of hydrogen-bond acceptors (Lipinski definition) is 4. The molecule has 1 aromatic carbocycles. The Labute approximate surface area is 148 Å². The molecule has 2 heterocycles. The van der Waals surface area contributed by atoms with Gasteiger partial charge in [-0.3, -0.25) is 9.89 Å². The molecule has 0 unspecified atom stereocenters. The van der Waals surface area contributed by atoms with E-state index in [-0.39, 0.29) is 17.4 Å². The Morgan fingerprint density at radius 1 is 1.32 bits per heavy atom. The van der Waals surface area contributed by atoms with Gasteiger partial charge < -0.3 is 5.32 Å². The molecule has 3 aromatic rings. The normalized spacial score (nSPS) is 10.7. The minimum Gasteiger partial charge on any atom is -0.309 e. The maximum absolute atomic E-state index is 13.4. The molecule has 0 aliphatic carbocycles. The minimum absolute atomic E-state index is 0.0680. The summed E-state index contributed by atoms with van der Waals surface area (Å²) in [4.78, 5) is 12.1. The number of halogens is 2. The predicted octanol–water partition coefficient (Wildman–Crippen LogP) is 3.54. The summed E-state index contributed by atoms with van der Waals surface area (Å²) in [6, 6.07) is 6.32. The summed E-state index contributed by atoms with van der Waals surface area (Å²) in [5.74, 6) is -0.234. The number of nitrogens with one attached hydrogen (secondary N) is 2. The van der Waals surface area contributed by atoms with Gasteiger partial charge >= 0.3 is 0 Å². The van der Waals surface area contributed by atoms with Crippen LogP contribution in [0, 0.1) is 12.7 Å². The molecule has 0 spiro atoms. The lowest BCUT2D eigenvalue weighted by Gasteiger charge is -2.05. The van der Waals surface area contributed by atoms with Gasteiger partial charge in [-0.2, -0.15) is 15.3 Å². The number of aromatic nitrogens is 4. The summed E-state index contributed by atoms with van der Waals surface area (Å²) in [6.45, 7) is 1.85. The number of carbonyl (C=O) groups excluding carboxylic acids is 1. The Balaban J connectivity index is 1.63. The molecule has 0 saturated carbocycles. The molecule has 6 nitrogen and oxygen atoms in total. The molecule has 3 rings (SSSR count). The number of hydrogen-bond donors (Lipinski definition) is 2. The summed E-state index contributed by atoms with van der Waals surface area (Å²) in [7, 11) is 0. The molecule has 2 aromatic heterocycles. The van der Waals surface area contributed by atoms with Crippen molar-refractivity contribution in [3.63, 3.8) is 0 Å².